The first kappa shape index (κ1) is 19.7. The number of nitro benzene ring substituents is 1. The van der Waals surface area contributed by atoms with Gasteiger partial charge in [-0.15, -0.1) is 0 Å². The molecular formula is C15H19BrN4O4S. The Labute approximate surface area is 155 Å². The van der Waals surface area contributed by atoms with Crippen LogP contribution in [0.2, 0.25) is 0 Å². The minimum atomic E-state index is -3.92. The number of halogens is 1. The Morgan fingerprint density at radius 1 is 1.44 bits per heavy atom. The summed E-state index contributed by atoms with van der Waals surface area (Å²) in [6, 6.07) is 6.08. The fourth-order valence-electron chi connectivity index (χ4n) is 2.64. The molecule has 0 saturated carbocycles. The van der Waals surface area contributed by atoms with Gasteiger partial charge in [-0.2, -0.15) is 4.31 Å². The number of sulfonamides is 1. The summed E-state index contributed by atoms with van der Waals surface area (Å²) >= 11 is 3.26. The molecule has 1 heterocycles. The van der Waals surface area contributed by atoms with Gasteiger partial charge >= 0.3 is 0 Å². The molecule has 0 aliphatic carbocycles. The molecule has 0 unspecified atom stereocenters. The summed E-state index contributed by atoms with van der Waals surface area (Å²) in [4.78, 5) is 11.7. The molecule has 0 bridgehead atoms. The van der Waals surface area contributed by atoms with E-state index in [2.05, 4.69) is 22.0 Å². The molecule has 2 N–H and O–H groups in total. The predicted octanol–water partition coefficient (Wildman–Crippen LogP) is 1.50. The monoisotopic (exact) mass is 430 g/mol. The van der Waals surface area contributed by atoms with E-state index in [1.807, 2.05) is 0 Å². The van der Waals surface area contributed by atoms with Crippen LogP contribution in [0.5, 0.6) is 0 Å². The number of nitrogens with zero attached hydrogens (tertiary/aromatic N) is 3. The smallest absolute Gasteiger partial charge is 0.270 e. The molecular weight excluding hydrogens is 412 g/mol. The molecule has 0 amide bonds. The zero-order valence-corrected chi connectivity index (χ0v) is 15.9. The molecule has 0 spiro atoms. The summed E-state index contributed by atoms with van der Waals surface area (Å²) in [5.41, 5.74) is 5.78. The molecule has 0 atom stereocenters. The van der Waals surface area contributed by atoms with E-state index in [1.165, 1.54) is 21.3 Å². The third-order valence-electron chi connectivity index (χ3n) is 4.03. The van der Waals surface area contributed by atoms with Crippen molar-refractivity contribution in [2.45, 2.75) is 23.8 Å². The molecule has 8 nitrogen and oxygen atoms in total. The number of hydrogen-bond donors (Lipinski definition) is 1. The molecule has 0 aromatic heterocycles. The molecule has 0 radical (unpaired) electrons. The minimum Gasteiger partial charge on any atom is -0.328 e. The molecule has 10 heteroatoms. The summed E-state index contributed by atoms with van der Waals surface area (Å²) in [6.45, 7) is 0.919. The molecule has 1 saturated heterocycles. The maximum atomic E-state index is 13.1. The number of terminal acetylenes is 1. The van der Waals surface area contributed by atoms with Crippen LogP contribution in [-0.2, 0) is 10.0 Å². The number of alkyl halides is 1. The van der Waals surface area contributed by atoms with Gasteiger partial charge in [0.2, 0.25) is 10.0 Å². The molecule has 2 rings (SSSR count). The van der Waals surface area contributed by atoms with Crippen molar-refractivity contribution in [1.29, 1.82) is 0 Å². The summed E-state index contributed by atoms with van der Waals surface area (Å²) < 4.78 is 27.4. The Morgan fingerprint density at radius 3 is 2.60 bits per heavy atom. The lowest BCUT2D eigenvalue weighted by Gasteiger charge is -2.30. The Hall–Kier alpha value is -1.67. The summed E-state index contributed by atoms with van der Waals surface area (Å²) in [5, 5.41) is 11.6. The van der Waals surface area contributed by atoms with Crippen LogP contribution in [-0.4, -0.2) is 48.7 Å². The minimum absolute atomic E-state index is 0.0355. The first-order valence-corrected chi connectivity index (χ1v) is 10.2. The van der Waals surface area contributed by atoms with Gasteiger partial charge in [-0.1, -0.05) is 22.4 Å². The number of piperidine rings is 1. The third kappa shape index (κ3) is 4.30. The average Bonchev–Trinajstić information content (AvgIpc) is 2.59. The lowest BCUT2D eigenvalue weighted by Crippen LogP contribution is -2.43. The summed E-state index contributed by atoms with van der Waals surface area (Å²) in [5.74, 6) is 0. The van der Waals surface area contributed by atoms with Crippen molar-refractivity contribution in [1.82, 2.24) is 4.31 Å². The first-order chi connectivity index (χ1) is 11.8. The number of nitrogens with two attached hydrogens (primary N) is 1. The lowest BCUT2D eigenvalue weighted by atomic mass is 10.1. The van der Waals surface area contributed by atoms with Crippen LogP contribution >= 0.6 is 15.9 Å². The van der Waals surface area contributed by atoms with Crippen molar-refractivity contribution in [2.75, 3.05) is 29.9 Å². The van der Waals surface area contributed by atoms with Gasteiger partial charge in [0.1, 0.15) is 4.90 Å². The van der Waals surface area contributed by atoms with E-state index in [0.717, 1.165) is 6.07 Å². The van der Waals surface area contributed by atoms with Gasteiger partial charge < -0.3 is 5.73 Å². The van der Waals surface area contributed by atoms with E-state index in [4.69, 9.17) is 12.2 Å². The second-order valence-electron chi connectivity index (χ2n) is 5.62. The Morgan fingerprint density at radius 2 is 2.08 bits per heavy atom. The van der Waals surface area contributed by atoms with Crippen molar-refractivity contribution < 1.29 is 13.3 Å². The molecule has 1 fully saturated rings. The molecule has 25 heavy (non-hydrogen) atoms. The van der Waals surface area contributed by atoms with Crippen molar-refractivity contribution >= 4 is 37.3 Å². The fourth-order valence-corrected chi connectivity index (χ4v) is 4.68. The van der Waals surface area contributed by atoms with Crippen LogP contribution in [0.4, 0.5) is 11.4 Å². The predicted molar refractivity (Wildman–Crippen MR) is 99.0 cm³/mol. The van der Waals surface area contributed by atoms with Crippen LogP contribution in [0, 0.1) is 22.6 Å². The van der Waals surface area contributed by atoms with Crippen LogP contribution in [0.3, 0.4) is 0 Å². The molecule has 1 aliphatic heterocycles. The zero-order valence-electron chi connectivity index (χ0n) is 13.5. The van der Waals surface area contributed by atoms with E-state index >= 15 is 0 Å². The van der Waals surface area contributed by atoms with Crippen LogP contribution in [0.15, 0.2) is 23.1 Å². The van der Waals surface area contributed by atoms with Gasteiger partial charge in [-0.05, 0) is 18.9 Å². The van der Waals surface area contributed by atoms with Crippen molar-refractivity contribution in [3.05, 3.63) is 28.3 Å². The second-order valence-corrected chi connectivity index (χ2v) is 8.32. The van der Waals surface area contributed by atoms with Crippen molar-refractivity contribution in [3.8, 4) is 12.5 Å². The van der Waals surface area contributed by atoms with Crippen LogP contribution in [0.1, 0.15) is 12.8 Å². The Balaban J connectivity index is 2.54. The summed E-state index contributed by atoms with van der Waals surface area (Å²) in [7, 11) is -3.92. The third-order valence-corrected chi connectivity index (χ3v) is 6.31. The Bertz CT molecular complexity index is 785. The number of anilines is 1. The maximum absolute atomic E-state index is 13.1. The van der Waals surface area contributed by atoms with Crippen molar-refractivity contribution in [2.24, 2.45) is 5.73 Å². The zero-order chi connectivity index (χ0) is 18.6. The normalized spacial score (nSPS) is 16.4. The van der Waals surface area contributed by atoms with Crippen LogP contribution < -0.4 is 10.6 Å². The quantitative estimate of drug-likeness (QED) is 0.240. The molecule has 136 valence electrons. The highest BCUT2D eigenvalue weighted by atomic mass is 79.9. The number of nitro groups is 1. The Kier molecular flexibility index (Phi) is 6.40. The standard InChI is InChI=1S/C15H19BrN4O4S/c1-2-18(10-7-16)14-4-3-13(20(21)22)11-15(14)25(23,24)19-8-5-12(17)6-9-19/h1,3-4,11-12H,5-10,17H2. The van der Waals surface area contributed by atoms with E-state index in [0.29, 0.717) is 24.7 Å². The highest BCUT2D eigenvalue weighted by molar-refractivity contribution is 9.09. The maximum Gasteiger partial charge on any atom is 0.270 e. The second kappa shape index (κ2) is 8.14. The van der Waals surface area contributed by atoms with E-state index < -0.39 is 14.9 Å². The molecule has 1 aromatic carbocycles. The number of hydrogen-bond acceptors (Lipinski definition) is 6. The topological polar surface area (TPSA) is 110 Å². The largest absolute Gasteiger partial charge is 0.328 e. The number of rotatable bonds is 6. The van der Waals surface area contributed by atoms with Gasteiger partial charge in [0, 0.05) is 49.2 Å². The van der Waals surface area contributed by atoms with Gasteiger partial charge in [0.25, 0.3) is 5.69 Å². The van der Waals surface area contributed by atoms with E-state index in [9.17, 15) is 18.5 Å². The number of non-ortho nitro benzene ring substituents is 1. The van der Waals surface area contributed by atoms with Gasteiger partial charge in [0.05, 0.1) is 10.6 Å². The SMILES string of the molecule is C#CN(CCBr)c1ccc([N+](=O)[O-])cc1S(=O)(=O)N1CCC(N)CC1. The van der Waals surface area contributed by atoms with Gasteiger partial charge in [-0.3, -0.25) is 15.0 Å². The lowest BCUT2D eigenvalue weighted by molar-refractivity contribution is -0.385. The highest BCUT2D eigenvalue weighted by Crippen LogP contribution is 2.32. The molecule has 1 aromatic rings. The highest BCUT2D eigenvalue weighted by Gasteiger charge is 2.32. The number of benzene rings is 1. The van der Waals surface area contributed by atoms with Crippen LogP contribution in [0.25, 0.3) is 0 Å². The van der Waals surface area contributed by atoms with E-state index in [-0.39, 0.29) is 35.4 Å². The first-order valence-electron chi connectivity index (χ1n) is 7.65. The van der Waals surface area contributed by atoms with Crippen molar-refractivity contribution in [3.63, 3.8) is 0 Å². The van der Waals surface area contributed by atoms with Gasteiger partial charge in [-0.25, -0.2) is 8.42 Å². The summed E-state index contributed by atoms with van der Waals surface area (Å²) in [6.07, 6.45) is 6.58. The molecule has 1 aliphatic rings. The van der Waals surface area contributed by atoms with Gasteiger partial charge in [0.15, 0.2) is 0 Å². The van der Waals surface area contributed by atoms with E-state index in [1.54, 1.807) is 0 Å². The fraction of sp³-hybridized carbons (Fsp3) is 0.467. The average molecular weight is 431 g/mol.